The molecule has 9 heteroatoms. The van der Waals surface area contributed by atoms with Crippen molar-refractivity contribution in [2.24, 2.45) is 0 Å². The number of rotatable bonds is 10. The summed E-state index contributed by atoms with van der Waals surface area (Å²) in [5, 5.41) is 16.1. The zero-order valence-corrected chi connectivity index (χ0v) is 24.6. The number of carbonyl (C=O) groups is 3. The Kier molecular flexibility index (Phi) is 10.0. The van der Waals surface area contributed by atoms with Gasteiger partial charge >= 0.3 is 11.9 Å². The van der Waals surface area contributed by atoms with Gasteiger partial charge in [0.1, 0.15) is 17.2 Å². The SMILES string of the molecule is CCOC(=O)C(=O)Nc1cc(C)c(Oc2ccc(O)c(CN(Cc3ccc(NC(C)=O)cc3)c3ccccc3)c2)c(C)c1. The van der Waals surface area contributed by atoms with Gasteiger partial charge in [0.05, 0.1) is 6.61 Å². The Morgan fingerprint density at radius 3 is 2.12 bits per heavy atom. The van der Waals surface area contributed by atoms with Crippen LogP contribution in [0.5, 0.6) is 17.2 Å². The van der Waals surface area contributed by atoms with Crippen LogP contribution in [0.1, 0.15) is 36.1 Å². The summed E-state index contributed by atoms with van der Waals surface area (Å²) in [6.45, 7) is 7.87. The molecule has 0 spiro atoms. The van der Waals surface area contributed by atoms with Crippen molar-refractivity contribution in [3.05, 3.63) is 107 Å². The molecule has 0 unspecified atom stereocenters. The number of benzene rings is 4. The highest BCUT2D eigenvalue weighted by atomic mass is 16.5. The van der Waals surface area contributed by atoms with Crippen LogP contribution in [0.2, 0.25) is 0 Å². The van der Waals surface area contributed by atoms with Crippen molar-refractivity contribution < 1.29 is 29.0 Å². The average Bonchev–Trinajstić information content (AvgIpc) is 2.97. The first-order valence-electron chi connectivity index (χ1n) is 13.9. The molecule has 0 bridgehead atoms. The molecular weight excluding hydrogens is 546 g/mol. The van der Waals surface area contributed by atoms with Gasteiger partial charge in [0.25, 0.3) is 0 Å². The minimum Gasteiger partial charge on any atom is -0.508 e. The highest BCUT2D eigenvalue weighted by Gasteiger charge is 2.17. The summed E-state index contributed by atoms with van der Waals surface area (Å²) in [4.78, 5) is 37.3. The molecule has 4 aromatic rings. The van der Waals surface area contributed by atoms with Crippen LogP contribution in [0.4, 0.5) is 17.1 Å². The van der Waals surface area contributed by atoms with Crippen molar-refractivity contribution in [2.75, 3.05) is 22.1 Å². The van der Waals surface area contributed by atoms with E-state index in [0.29, 0.717) is 35.8 Å². The fourth-order valence-corrected chi connectivity index (χ4v) is 4.63. The molecule has 0 aliphatic carbocycles. The summed E-state index contributed by atoms with van der Waals surface area (Å²) in [6.07, 6.45) is 0. The molecule has 0 fully saturated rings. The van der Waals surface area contributed by atoms with E-state index in [-0.39, 0.29) is 18.3 Å². The molecule has 0 saturated heterocycles. The van der Waals surface area contributed by atoms with E-state index in [2.05, 4.69) is 15.5 Å². The normalized spacial score (nSPS) is 10.5. The molecular formula is C34H35N3O6. The van der Waals surface area contributed by atoms with Crippen LogP contribution in [-0.2, 0) is 32.2 Å². The maximum Gasteiger partial charge on any atom is 0.397 e. The lowest BCUT2D eigenvalue weighted by atomic mass is 10.1. The van der Waals surface area contributed by atoms with Gasteiger partial charge in [-0.3, -0.25) is 9.59 Å². The topological polar surface area (TPSA) is 117 Å². The Morgan fingerprint density at radius 2 is 1.49 bits per heavy atom. The number of hydrogen-bond donors (Lipinski definition) is 3. The summed E-state index contributed by atoms with van der Waals surface area (Å²) >= 11 is 0. The van der Waals surface area contributed by atoms with Gasteiger partial charge in [-0.25, -0.2) is 4.79 Å². The first-order valence-corrected chi connectivity index (χ1v) is 13.9. The maximum absolute atomic E-state index is 12.1. The zero-order chi connectivity index (χ0) is 30.9. The average molecular weight is 582 g/mol. The fourth-order valence-electron chi connectivity index (χ4n) is 4.63. The van der Waals surface area contributed by atoms with E-state index in [1.807, 2.05) is 68.4 Å². The van der Waals surface area contributed by atoms with Gasteiger partial charge in [0.2, 0.25) is 5.91 Å². The third-order valence-corrected chi connectivity index (χ3v) is 6.58. The van der Waals surface area contributed by atoms with E-state index in [1.54, 1.807) is 37.3 Å². The van der Waals surface area contributed by atoms with Crippen molar-refractivity contribution >= 4 is 34.8 Å². The lowest BCUT2D eigenvalue weighted by Gasteiger charge is -2.26. The van der Waals surface area contributed by atoms with E-state index >= 15 is 0 Å². The maximum atomic E-state index is 12.1. The number of anilines is 3. The molecule has 0 aromatic heterocycles. The largest absolute Gasteiger partial charge is 0.508 e. The van der Waals surface area contributed by atoms with Crippen LogP contribution >= 0.6 is 0 Å². The van der Waals surface area contributed by atoms with Crippen molar-refractivity contribution in [1.82, 2.24) is 0 Å². The smallest absolute Gasteiger partial charge is 0.397 e. The molecule has 0 aliphatic heterocycles. The Balaban J connectivity index is 1.55. The third-order valence-electron chi connectivity index (χ3n) is 6.58. The van der Waals surface area contributed by atoms with Crippen LogP contribution in [0.25, 0.3) is 0 Å². The molecule has 4 rings (SSSR count). The highest BCUT2D eigenvalue weighted by Crippen LogP contribution is 2.34. The van der Waals surface area contributed by atoms with E-state index in [9.17, 15) is 19.5 Å². The molecule has 0 saturated carbocycles. The molecule has 0 radical (unpaired) electrons. The first-order chi connectivity index (χ1) is 20.6. The number of amides is 2. The predicted molar refractivity (Wildman–Crippen MR) is 166 cm³/mol. The first kappa shape index (κ1) is 30.6. The number of nitrogens with one attached hydrogen (secondary N) is 2. The summed E-state index contributed by atoms with van der Waals surface area (Å²) in [7, 11) is 0. The Morgan fingerprint density at radius 1 is 0.814 bits per heavy atom. The number of nitrogens with zero attached hydrogens (tertiary/aromatic N) is 1. The molecule has 43 heavy (non-hydrogen) atoms. The molecule has 0 heterocycles. The summed E-state index contributed by atoms with van der Waals surface area (Å²) in [6, 6.07) is 26.1. The Hall–Kier alpha value is -5.31. The van der Waals surface area contributed by atoms with Crippen LogP contribution in [0, 0.1) is 13.8 Å². The van der Waals surface area contributed by atoms with Gasteiger partial charge in [-0.05, 0) is 92.1 Å². The molecule has 0 atom stereocenters. The number of carbonyl (C=O) groups excluding carboxylic acids is 3. The number of phenols is 1. The summed E-state index contributed by atoms with van der Waals surface area (Å²) < 4.78 is 11.0. The molecule has 2 amide bonds. The second-order valence-corrected chi connectivity index (χ2v) is 10.1. The predicted octanol–water partition coefficient (Wildman–Crippen LogP) is 6.47. The van der Waals surface area contributed by atoms with Crippen molar-refractivity contribution in [2.45, 2.75) is 40.8 Å². The lowest BCUT2D eigenvalue weighted by Crippen LogP contribution is -2.25. The number of aromatic hydroxyl groups is 1. The van der Waals surface area contributed by atoms with E-state index < -0.39 is 11.9 Å². The Labute approximate surface area is 251 Å². The van der Waals surface area contributed by atoms with Gasteiger partial charge in [-0.1, -0.05) is 30.3 Å². The standard InChI is InChI=1S/C34H35N3O6/c1-5-42-34(41)33(40)36-28-17-22(2)32(23(3)18-28)43-30-15-16-31(39)26(19-30)21-37(29-9-7-6-8-10-29)20-25-11-13-27(14-12-25)35-24(4)38/h6-19,39H,5,20-21H2,1-4H3,(H,35,38)(H,36,40). The van der Waals surface area contributed by atoms with E-state index in [4.69, 9.17) is 9.47 Å². The van der Waals surface area contributed by atoms with Crippen molar-refractivity contribution in [1.29, 1.82) is 0 Å². The lowest BCUT2D eigenvalue weighted by molar-refractivity contribution is -0.152. The minimum atomic E-state index is -0.943. The number of aryl methyl sites for hydroxylation is 2. The van der Waals surface area contributed by atoms with Crippen molar-refractivity contribution in [3.63, 3.8) is 0 Å². The number of esters is 1. The van der Waals surface area contributed by atoms with E-state index in [1.165, 1.54) is 6.92 Å². The van der Waals surface area contributed by atoms with Crippen LogP contribution < -0.4 is 20.3 Å². The van der Waals surface area contributed by atoms with Gasteiger partial charge in [0.15, 0.2) is 0 Å². The van der Waals surface area contributed by atoms with Crippen molar-refractivity contribution in [3.8, 4) is 17.2 Å². The van der Waals surface area contributed by atoms with Gasteiger partial charge in [-0.2, -0.15) is 0 Å². The number of phenolic OH excluding ortho intramolecular Hbond substituents is 1. The van der Waals surface area contributed by atoms with Gasteiger partial charge in [0, 0.05) is 42.6 Å². The van der Waals surface area contributed by atoms with Crippen LogP contribution in [-0.4, -0.2) is 29.5 Å². The molecule has 3 N–H and O–H groups in total. The monoisotopic (exact) mass is 581 g/mol. The third kappa shape index (κ3) is 8.36. The molecule has 4 aromatic carbocycles. The molecule has 222 valence electrons. The highest BCUT2D eigenvalue weighted by molar-refractivity contribution is 6.37. The summed E-state index contributed by atoms with van der Waals surface area (Å²) in [5.74, 6) is -0.636. The van der Waals surface area contributed by atoms with Crippen LogP contribution in [0.15, 0.2) is 84.9 Å². The molecule has 0 aliphatic rings. The second-order valence-electron chi connectivity index (χ2n) is 10.1. The van der Waals surface area contributed by atoms with Gasteiger partial charge < -0.3 is 30.1 Å². The summed E-state index contributed by atoms with van der Waals surface area (Å²) in [5.41, 5.74) is 5.37. The minimum absolute atomic E-state index is 0.113. The quantitative estimate of drug-likeness (QED) is 0.145. The van der Waals surface area contributed by atoms with Crippen LogP contribution in [0.3, 0.4) is 0 Å². The van der Waals surface area contributed by atoms with E-state index in [0.717, 1.165) is 28.1 Å². The number of ether oxygens (including phenoxy) is 2. The number of hydrogen-bond acceptors (Lipinski definition) is 7. The fraction of sp³-hybridized carbons (Fsp3) is 0.206. The second kappa shape index (κ2) is 14.0. The molecule has 9 nitrogen and oxygen atoms in total. The number of para-hydroxylation sites is 1. The van der Waals surface area contributed by atoms with Gasteiger partial charge in [-0.15, -0.1) is 0 Å². The zero-order valence-electron chi connectivity index (χ0n) is 24.6. The Bertz CT molecular complexity index is 1580.